The Morgan fingerprint density at radius 3 is 2.12 bits per heavy atom. The van der Waals surface area contributed by atoms with Crippen LogP contribution < -0.4 is 5.32 Å². The van der Waals surface area contributed by atoms with Gasteiger partial charge in [0.2, 0.25) is 0 Å². The van der Waals surface area contributed by atoms with Crippen molar-refractivity contribution in [2.75, 3.05) is 39.8 Å². The van der Waals surface area contributed by atoms with Gasteiger partial charge in [-0.2, -0.15) is 0 Å². The minimum atomic E-state index is 0.0542. The van der Waals surface area contributed by atoms with Gasteiger partial charge in [0.1, 0.15) is 0 Å². The zero-order valence-electron chi connectivity index (χ0n) is 12.1. The number of amides is 2. The molecule has 0 aromatic heterocycles. The van der Waals surface area contributed by atoms with Crippen LogP contribution in [0.15, 0.2) is 0 Å². The van der Waals surface area contributed by atoms with Crippen molar-refractivity contribution in [2.45, 2.75) is 34.1 Å². The van der Waals surface area contributed by atoms with E-state index in [1.165, 1.54) is 13.0 Å². The normalized spacial score (nSPS) is 16.5. The van der Waals surface area contributed by atoms with E-state index in [9.17, 15) is 4.79 Å². The summed E-state index contributed by atoms with van der Waals surface area (Å²) in [4.78, 5) is 15.7. The van der Waals surface area contributed by atoms with Crippen LogP contribution in [0.3, 0.4) is 0 Å². The fraction of sp³-hybridized carbons (Fsp3) is 0.923. The van der Waals surface area contributed by atoms with Crippen molar-refractivity contribution in [3.63, 3.8) is 0 Å². The highest BCUT2D eigenvalue weighted by Gasteiger charge is 2.19. The zero-order chi connectivity index (χ0) is 13.3. The molecule has 102 valence electrons. The quantitative estimate of drug-likeness (QED) is 0.823. The third-order valence-corrected chi connectivity index (χ3v) is 2.90. The third-order valence-electron chi connectivity index (χ3n) is 2.90. The SMILES string of the molecule is CC.CNC(=O)N1CCN(CCC(C)C)CC1. The maximum absolute atomic E-state index is 11.3. The topological polar surface area (TPSA) is 35.6 Å². The molecular formula is C13H29N3O. The van der Waals surface area contributed by atoms with E-state index in [1.54, 1.807) is 7.05 Å². The number of carbonyl (C=O) groups excluding carboxylic acids is 1. The first kappa shape index (κ1) is 16.2. The highest BCUT2D eigenvalue weighted by molar-refractivity contribution is 5.73. The number of piperazine rings is 1. The number of hydrogen-bond acceptors (Lipinski definition) is 2. The summed E-state index contributed by atoms with van der Waals surface area (Å²) in [5, 5.41) is 2.67. The average Bonchev–Trinajstić information content (AvgIpc) is 2.38. The van der Waals surface area contributed by atoms with Crippen molar-refractivity contribution < 1.29 is 4.79 Å². The fourth-order valence-corrected chi connectivity index (χ4v) is 1.77. The van der Waals surface area contributed by atoms with Crippen LogP contribution in [0.5, 0.6) is 0 Å². The van der Waals surface area contributed by atoms with E-state index in [1.807, 2.05) is 18.7 Å². The Balaban J connectivity index is 0.00000121. The number of carbonyl (C=O) groups is 1. The number of nitrogens with one attached hydrogen (secondary N) is 1. The predicted molar refractivity (Wildman–Crippen MR) is 73.3 cm³/mol. The highest BCUT2D eigenvalue weighted by atomic mass is 16.2. The Bertz CT molecular complexity index is 199. The van der Waals surface area contributed by atoms with E-state index in [0.717, 1.165) is 32.1 Å². The van der Waals surface area contributed by atoms with Gasteiger partial charge in [0.25, 0.3) is 0 Å². The van der Waals surface area contributed by atoms with Crippen LogP contribution >= 0.6 is 0 Å². The summed E-state index contributed by atoms with van der Waals surface area (Å²) in [6, 6.07) is 0.0542. The maximum atomic E-state index is 11.3. The van der Waals surface area contributed by atoms with Crippen molar-refractivity contribution in [2.24, 2.45) is 5.92 Å². The molecule has 1 aliphatic rings. The van der Waals surface area contributed by atoms with Gasteiger partial charge in [-0.25, -0.2) is 4.79 Å². The van der Waals surface area contributed by atoms with E-state index in [0.29, 0.717) is 0 Å². The minimum absolute atomic E-state index is 0.0542. The molecule has 1 fully saturated rings. The van der Waals surface area contributed by atoms with Gasteiger partial charge >= 0.3 is 6.03 Å². The molecule has 1 N–H and O–H groups in total. The first-order valence-corrected chi connectivity index (χ1v) is 6.82. The van der Waals surface area contributed by atoms with Gasteiger partial charge < -0.3 is 10.2 Å². The maximum Gasteiger partial charge on any atom is 0.317 e. The molecule has 1 aliphatic heterocycles. The number of nitrogens with zero attached hydrogens (tertiary/aromatic N) is 2. The lowest BCUT2D eigenvalue weighted by Crippen LogP contribution is -2.51. The van der Waals surface area contributed by atoms with Crippen LogP contribution in [0.4, 0.5) is 4.79 Å². The van der Waals surface area contributed by atoms with E-state index in [4.69, 9.17) is 0 Å². The molecule has 0 spiro atoms. The molecule has 1 heterocycles. The van der Waals surface area contributed by atoms with Crippen molar-refractivity contribution >= 4 is 6.03 Å². The molecule has 4 heteroatoms. The van der Waals surface area contributed by atoms with Crippen LogP contribution in [0, 0.1) is 5.92 Å². The van der Waals surface area contributed by atoms with Gasteiger partial charge in [0.15, 0.2) is 0 Å². The number of hydrogen-bond donors (Lipinski definition) is 1. The second kappa shape index (κ2) is 9.28. The molecule has 0 aromatic rings. The molecule has 0 saturated carbocycles. The Morgan fingerprint density at radius 2 is 1.71 bits per heavy atom. The van der Waals surface area contributed by atoms with Gasteiger partial charge in [-0.3, -0.25) is 4.90 Å². The lowest BCUT2D eigenvalue weighted by atomic mass is 10.1. The summed E-state index contributed by atoms with van der Waals surface area (Å²) in [5.74, 6) is 0.766. The third kappa shape index (κ3) is 6.51. The Morgan fingerprint density at radius 1 is 1.18 bits per heavy atom. The summed E-state index contributed by atoms with van der Waals surface area (Å²) < 4.78 is 0. The average molecular weight is 243 g/mol. The first-order valence-electron chi connectivity index (χ1n) is 6.82. The fourth-order valence-electron chi connectivity index (χ4n) is 1.77. The molecule has 17 heavy (non-hydrogen) atoms. The molecule has 1 saturated heterocycles. The Kier molecular flexibility index (Phi) is 8.86. The van der Waals surface area contributed by atoms with E-state index in [-0.39, 0.29) is 6.03 Å². The second-order valence-corrected chi connectivity index (χ2v) is 4.57. The van der Waals surface area contributed by atoms with Gasteiger partial charge in [-0.1, -0.05) is 27.7 Å². The van der Waals surface area contributed by atoms with E-state index in [2.05, 4.69) is 24.1 Å². The monoisotopic (exact) mass is 243 g/mol. The summed E-state index contributed by atoms with van der Waals surface area (Å²) in [5.41, 5.74) is 0. The largest absolute Gasteiger partial charge is 0.341 e. The van der Waals surface area contributed by atoms with Crippen LogP contribution in [-0.4, -0.2) is 55.6 Å². The number of urea groups is 1. The van der Waals surface area contributed by atoms with Crippen LogP contribution in [0.25, 0.3) is 0 Å². The van der Waals surface area contributed by atoms with Gasteiger partial charge in [-0.05, 0) is 18.9 Å². The number of rotatable bonds is 3. The lowest BCUT2D eigenvalue weighted by Gasteiger charge is -2.34. The minimum Gasteiger partial charge on any atom is -0.341 e. The molecule has 1 rings (SSSR count). The molecule has 4 nitrogen and oxygen atoms in total. The molecular weight excluding hydrogens is 214 g/mol. The molecule has 0 aromatic carbocycles. The summed E-state index contributed by atoms with van der Waals surface area (Å²) in [6.07, 6.45) is 1.25. The second-order valence-electron chi connectivity index (χ2n) is 4.57. The van der Waals surface area contributed by atoms with Crippen molar-refractivity contribution in [3.05, 3.63) is 0 Å². The van der Waals surface area contributed by atoms with Crippen molar-refractivity contribution in [1.82, 2.24) is 15.1 Å². The lowest BCUT2D eigenvalue weighted by molar-refractivity contribution is 0.137. The Labute approximate surface area is 106 Å². The summed E-state index contributed by atoms with van der Waals surface area (Å²) in [6.45, 7) is 13.4. The standard InChI is InChI=1S/C11H23N3O.C2H6/c1-10(2)4-5-13-6-8-14(9-7-13)11(15)12-3;1-2/h10H,4-9H2,1-3H3,(H,12,15);1-2H3. The van der Waals surface area contributed by atoms with E-state index >= 15 is 0 Å². The van der Waals surface area contributed by atoms with Gasteiger partial charge in [0, 0.05) is 33.2 Å². The smallest absolute Gasteiger partial charge is 0.317 e. The molecule has 0 atom stereocenters. The Hall–Kier alpha value is -0.770. The predicted octanol–water partition coefficient (Wildman–Crippen LogP) is 2.02. The first-order chi connectivity index (χ1) is 8.13. The van der Waals surface area contributed by atoms with E-state index < -0.39 is 0 Å². The van der Waals surface area contributed by atoms with Gasteiger partial charge in [0.05, 0.1) is 0 Å². The van der Waals surface area contributed by atoms with Crippen LogP contribution in [0.1, 0.15) is 34.1 Å². The molecule has 0 bridgehead atoms. The molecule has 0 radical (unpaired) electrons. The summed E-state index contributed by atoms with van der Waals surface area (Å²) in [7, 11) is 1.69. The highest BCUT2D eigenvalue weighted by Crippen LogP contribution is 2.06. The zero-order valence-corrected chi connectivity index (χ0v) is 12.1. The van der Waals surface area contributed by atoms with Crippen LogP contribution in [0.2, 0.25) is 0 Å². The van der Waals surface area contributed by atoms with Crippen molar-refractivity contribution in [1.29, 1.82) is 0 Å². The summed E-state index contributed by atoms with van der Waals surface area (Å²) >= 11 is 0. The molecule has 0 aliphatic carbocycles. The van der Waals surface area contributed by atoms with Crippen LogP contribution in [-0.2, 0) is 0 Å². The van der Waals surface area contributed by atoms with Crippen molar-refractivity contribution in [3.8, 4) is 0 Å². The molecule has 0 unspecified atom stereocenters. The van der Waals surface area contributed by atoms with Gasteiger partial charge in [-0.15, -0.1) is 0 Å². The molecule has 2 amide bonds.